The maximum atomic E-state index is 13.2. The fourth-order valence-corrected chi connectivity index (χ4v) is 5.23. The van der Waals surface area contributed by atoms with Crippen molar-refractivity contribution in [3.05, 3.63) is 60.2 Å². The van der Waals surface area contributed by atoms with E-state index in [4.69, 9.17) is 4.98 Å². The zero-order valence-electron chi connectivity index (χ0n) is 19.3. The molecule has 7 heteroatoms. The van der Waals surface area contributed by atoms with Crippen LogP contribution in [0.2, 0.25) is 0 Å². The third kappa shape index (κ3) is 4.60. The molecule has 2 saturated heterocycles. The number of amides is 1. The van der Waals surface area contributed by atoms with Crippen LogP contribution in [0.3, 0.4) is 0 Å². The molecule has 0 saturated carbocycles. The van der Waals surface area contributed by atoms with Crippen molar-refractivity contribution in [2.75, 3.05) is 44.2 Å². The molecule has 6 nitrogen and oxygen atoms in total. The first-order valence-corrected chi connectivity index (χ1v) is 12.1. The van der Waals surface area contributed by atoms with Crippen LogP contribution in [0, 0.1) is 11.7 Å². The monoisotopic (exact) mass is 449 g/mol. The van der Waals surface area contributed by atoms with Crippen LogP contribution in [0.25, 0.3) is 11.0 Å². The van der Waals surface area contributed by atoms with Crippen LogP contribution in [0.4, 0.5) is 10.1 Å². The molecule has 2 aliphatic heterocycles. The van der Waals surface area contributed by atoms with Gasteiger partial charge in [0.1, 0.15) is 11.6 Å². The topological polar surface area (TPSA) is 44.6 Å². The van der Waals surface area contributed by atoms with E-state index in [0.29, 0.717) is 5.91 Å². The molecular formula is C26H32FN5O. The number of anilines is 1. The number of aromatic nitrogens is 2. The molecule has 0 spiro atoms. The molecule has 0 atom stereocenters. The number of benzene rings is 2. The average molecular weight is 450 g/mol. The molecule has 2 aromatic carbocycles. The van der Waals surface area contributed by atoms with Crippen molar-refractivity contribution >= 4 is 22.6 Å². The second-order valence-electron chi connectivity index (χ2n) is 9.10. The largest absolute Gasteiger partial charge is 0.368 e. The average Bonchev–Trinajstić information content (AvgIpc) is 3.21. The molecule has 33 heavy (non-hydrogen) atoms. The van der Waals surface area contributed by atoms with Gasteiger partial charge in [0.15, 0.2) is 0 Å². The lowest BCUT2D eigenvalue weighted by molar-refractivity contribution is -0.137. The van der Waals surface area contributed by atoms with Gasteiger partial charge in [0, 0.05) is 44.3 Å². The summed E-state index contributed by atoms with van der Waals surface area (Å²) in [5.41, 5.74) is 3.27. The Hall–Kier alpha value is -2.93. The van der Waals surface area contributed by atoms with E-state index in [9.17, 15) is 9.18 Å². The van der Waals surface area contributed by atoms with Gasteiger partial charge in [-0.05, 0) is 69.3 Å². The molecule has 0 aliphatic carbocycles. The molecule has 2 fully saturated rings. The first-order chi connectivity index (χ1) is 16.1. The minimum atomic E-state index is -0.217. The van der Waals surface area contributed by atoms with Gasteiger partial charge < -0.3 is 14.4 Å². The first-order valence-electron chi connectivity index (χ1n) is 12.1. The van der Waals surface area contributed by atoms with E-state index < -0.39 is 0 Å². The Balaban J connectivity index is 1.13. The second-order valence-corrected chi connectivity index (χ2v) is 9.10. The summed E-state index contributed by atoms with van der Waals surface area (Å²) in [6, 6.07) is 14.9. The molecule has 3 aromatic rings. The predicted molar refractivity (Wildman–Crippen MR) is 129 cm³/mol. The SMILES string of the molecule is CCn1c(CN2CCC(C(=O)N3CCN(c4ccc(F)cc4)CC3)CC2)nc2ccccc21. The number of piperidine rings is 1. The van der Waals surface area contributed by atoms with Gasteiger partial charge in [-0.1, -0.05) is 12.1 Å². The summed E-state index contributed by atoms with van der Waals surface area (Å²) in [5, 5.41) is 0. The molecule has 2 aliphatic rings. The lowest BCUT2D eigenvalue weighted by Crippen LogP contribution is -2.51. The number of likely N-dealkylation sites (tertiary alicyclic amines) is 1. The van der Waals surface area contributed by atoms with Crippen molar-refractivity contribution in [2.45, 2.75) is 32.9 Å². The summed E-state index contributed by atoms with van der Waals surface area (Å²) in [4.78, 5) is 24.7. The minimum Gasteiger partial charge on any atom is -0.368 e. The summed E-state index contributed by atoms with van der Waals surface area (Å²) in [6.45, 7) is 8.82. The third-order valence-corrected chi connectivity index (χ3v) is 7.13. The number of imidazole rings is 1. The van der Waals surface area contributed by atoms with E-state index in [0.717, 1.165) is 82.2 Å². The molecule has 0 bridgehead atoms. The number of hydrogen-bond donors (Lipinski definition) is 0. The molecule has 0 radical (unpaired) electrons. The van der Waals surface area contributed by atoms with E-state index >= 15 is 0 Å². The lowest BCUT2D eigenvalue weighted by Gasteiger charge is -2.39. The van der Waals surface area contributed by atoms with Gasteiger partial charge >= 0.3 is 0 Å². The molecule has 5 rings (SSSR count). The number of nitrogens with zero attached hydrogens (tertiary/aromatic N) is 5. The highest BCUT2D eigenvalue weighted by molar-refractivity contribution is 5.79. The van der Waals surface area contributed by atoms with Crippen molar-refractivity contribution in [3.8, 4) is 0 Å². The predicted octanol–water partition coefficient (Wildman–Crippen LogP) is 3.76. The zero-order chi connectivity index (χ0) is 22.8. The Kier molecular flexibility index (Phi) is 6.31. The minimum absolute atomic E-state index is 0.114. The van der Waals surface area contributed by atoms with E-state index in [2.05, 4.69) is 39.5 Å². The van der Waals surface area contributed by atoms with E-state index in [1.54, 1.807) is 0 Å². The standard InChI is InChI=1S/C26H32FN5O/c1-2-32-24-6-4-3-5-23(24)28-25(32)19-29-13-11-20(12-14-29)26(33)31-17-15-30(16-18-31)22-9-7-21(27)8-10-22/h3-10,20H,2,11-19H2,1H3. The summed E-state index contributed by atoms with van der Waals surface area (Å²) < 4.78 is 15.5. The smallest absolute Gasteiger partial charge is 0.225 e. The fraction of sp³-hybridized carbons (Fsp3) is 0.462. The zero-order valence-corrected chi connectivity index (χ0v) is 19.3. The van der Waals surface area contributed by atoms with Crippen molar-refractivity contribution < 1.29 is 9.18 Å². The quantitative estimate of drug-likeness (QED) is 0.595. The third-order valence-electron chi connectivity index (χ3n) is 7.13. The molecule has 174 valence electrons. The molecule has 0 unspecified atom stereocenters. The molecule has 0 N–H and O–H groups in total. The Morgan fingerprint density at radius 2 is 1.67 bits per heavy atom. The number of fused-ring (bicyclic) bond motifs is 1. The van der Waals surface area contributed by atoms with E-state index in [-0.39, 0.29) is 11.7 Å². The highest BCUT2D eigenvalue weighted by Crippen LogP contribution is 2.24. The van der Waals surface area contributed by atoms with E-state index in [1.165, 1.54) is 17.6 Å². The maximum absolute atomic E-state index is 13.2. The first kappa shape index (κ1) is 21.9. The highest BCUT2D eigenvalue weighted by Gasteiger charge is 2.31. The fourth-order valence-electron chi connectivity index (χ4n) is 5.23. The van der Waals surface area contributed by atoms with Gasteiger partial charge in [-0.15, -0.1) is 0 Å². The molecule has 3 heterocycles. The number of piperazine rings is 1. The highest BCUT2D eigenvalue weighted by atomic mass is 19.1. The van der Waals surface area contributed by atoms with Crippen molar-refractivity contribution in [2.24, 2.45) is 5.92 Å². The van der Waals surface area contributed by atoms with Crippen LogP contribution in [0.15, 0.2) is 48.5 Å². The van der Waals surface area contributed by atoms with Gasteiger partial charge in [-0.25, -0.2) is 9.37 Å². The van der Waals surface area contributed by atoms with Crippen LogP contribution < -0.4 is 4.90 Å². The summed E-state index contributed by atoms with van der Waals surface area (Å²) in [6.07, 6.45) is 1.81. The maximum Gasteiger partial charge on any atom is 0.225 e. The number of carbonyl (C=O) groups is 1. The Morgan fingerprint density at radius 1 is 0.970 bits per heavy atom. The number of rotatable bonds is 5. The second kappa shape index (κ2) is 9.51. The summed E-state index contributed by atoms with van der Waals surface area (Å²) in [7, 11) is 0. The number of aryl methyl sites for hydroxylation is 1. The summed E-state index contributed by atoms with van der Waals surface area (Å²) >= 11 is 0. The number of para-hydroxylation sites is 2. The van der Waals surface area contributed by atoms with Crippen LogP contribution in [0.5, 0.6) is 0 Å². The molecule has 1 amide bonds. The van der Waals surface area contributed by atoms with Gasteiger partial charge in [-0.2, -0.15) is 0 Å². The number of hydrogen-bond acceptors (Lipinski definition) is 4. The molecular weight excluding hydrogens is 417 g/mol. The van der Waals surface area contributed by atoms with Gasteiger partial charge in [0.05, 0.1) is 17.6 Å². The normalized spacial score (nSPS) is 18.2. The van der Waals surface area contributed by atoms with Crippen LogP contribution in [0.1, 0.15) is 25.6 Å². The molecule has 1 aromatic heterocycles. The summed E-state index contributed by atoms with van der Waals surface area (Å²) in [5.74, 6) is 1.31. The van der Waals surface area contributed by atoms with Crippen LogP contribution >= 0.6 is 0 Å². The Morgan fingerprint density at radius 3 is 2.36 bits per heavy atom. The Bertz CT molecular complexity index is 1100. The van der Waals surface area contributed by atoms with Gasteiger partial charge in [0.25, 0.3) is 0 Å². The van der Waals surface area contributed by atoms with Crippen LogP contribution in [-0.2, 0) is 17.9 Å². The Labute approximate surface area is 194 Å². The van der Waals surface area contributed by atoms with Gasteiger partial charge in [-0.3, -0.25) is 9.69 Å². The van der Waals surface area contributed by atoms with Crippen LogP contribution in [-0.4, -0.2) is 64.5 Å². The van der Waals surface area contributed by atoms with Gasteiger partial charge in [0.2, 0.25) is 5.91 Å². The number of carbonyl (C=O) groups excluding carboxylic acids is 1. The lowest BCUT2D eigenvalue weighted by atomic mass is 9.95. The number of halogens is 1. The van der Waals surface area contributed by atoms with E-state index in [1.807, 2.05) is 23.1 Å². The van der Waals surface area contributed by atoms with Crippen molar-refractivity contribution in [3.63, 3.8) is 0 Å². The van der Waals surface area contributed by atoms with Crippen molar-refractivity contribution in [1.29, 1.82) is 0 Å². The van der Waals surface area contributed by atoms with Crippen molar-refractivity contribution in [1.82, 2.24) is 19.4 Å².